The van der Waals surface area contributed by atoms with Crippen molar-refractivity contribution in [3.05, 3.63) is 0 Å². The zero-order valence-corrected chi connectivity index (χ0v) is 6.40. The van der Waals surface area contributed by atoms with Crippen LogP contribution in [0.1, 0.15) is 20.8 Å². The standard InChI is InChI=1S/C4H10O2.O2S/c1-4(2,3)6-5;1-3-2/h5H,1-3H3;. The van der Waals surface area contributed by atoms with Gasteiger partial charge in [0.1, 0.15) is 0 Å². The first-order valence-corrected chi connectivity index (χ1v) is 2.89. The van der Waals surface area contributed by atoms with E-state index in [4.69, 9.17) is 13.7 Å². The lowest BCUT2D eigenvalue weighted by molar-refractivity contribution is -0.306. The second-order valence-electron chi connectivity index (χ2n) is 2.27. The lowest BCUT2D eigenvalue weighted by atomic mass is 10.2. The van der Waals surface area contributed by atoms with E-state index >= 15 is 0 Å². The van der Waals surface area contributed by atoms with Gasteiger partial charge in [0.2, 0.25) is 0 Å². The van der Waals surface area contributed by atoms with Gasteiger partial charge in [-0.3, -0.25) is 5.26 Å². The van der Waals surface area contributed by atoms with E-state index < -0.39 is 17.2 Å². The lowest BCUT2D eigenvalue weighted by Gasteiger charge is -2.10. The molecule has 0 spiro atoms. The SMILES string of the molecule is CC(C)(C)OO.O=S=O. The van der Waals surface area contributed by atoms with Gasteiger partial charge in [-0.15, -0.1) is 0 Å². The highest BCUT2D eigenvalue weighted by atomic mass is 32.1. The minimum atomic E-state index is -0.750. The normalized spacial score (nSPS) is 9.33. The van der Waals surface area contributed by atoms with Crippen LogP contribution in [-0.2, 0) is 16.5 Å². The van der Waals surface area contributed by atoms with Gasteiger partial charge in [-0.2, -0.15) is 8.42 Å². The van der Waals surface area contributed by atoms with Gasteiger partial charge in [0.25, 0.3) is 0 Å². The van der Waals surface area contributed by atoms with E-state index in [9.17, 15) is 0 Å². The molecule has 56 valence electrons. The molecule has 4 nitrogen and oxygen atoms in total. The minimum Gasteiger partial charge on any atom is -0.251 e. The van der Waals surface area contributed by atoms with Crippen LogP contribution in [-0.4, -0.2) is 19.3 Å². The molecule has 0 radical (unpaired) electrons. The molecule has 0 aromatic heterocycles. The quantitative estimate of drug-likeness (QED) is 0.410. The Morgan fingerprint density at radius 1 is 1.33 bits per heavy atom. The molecule has 0 rings (SSSR count). The maximum absolute atomic E-state index is 8.29. The highest BCUT2D eigenvalue weighted by Gasteiger charge is 2.06. The highest BCUT2D eigenvalue weighted by Crippen LogP contribution is 2.01. The van der Waals surface area contributed by atoms with Crippen molar-refractivity contribution in [3.8, 4) is 0 Å². The molecule has 1 N–H and O–H groups in total. The smallest absolute Gasteiger partial charge is 0.251 e. The van der Waals surface area contributed by atoms with Crippen LogP contribution in [0, 0.1) is 0 Å². The van der Waals surface area contributed by atoms with Gasteiger partial charge < -0.3 is 0 Å². The summed E-state index contributed by atoms with van der Waals surface area (Å²) in [6.07, 6.45) is 0. The molecule has 0 aliphatic rings. The monoisotopic (exact) mass is 154 g/mol. The van der Waals surface area contributed by atoms with Crippen LogP contribution in [0.3, 0.4) is 0 Å². The summed E-state index contributed by atoms with van der Waals surface area (Å²) in [6, 6.07) is 0. The summed E-state index contributed by atoms with van der Waals surface area (Å²) in [7, 11) is 0. The van der Waals surface area contributed by atoms with Gasteiger partial charge in [0.05, 0.1) is 5.60 Å². The van der Waals surface area contributed by atoms with Crippen molar-refractivity contribution in [2.75, 3.05) is 0 Å². The summed E-state index contributed by atoms with van der Waals surface area (Å²) in [5, 5.41) is 7.90. The minimum absolute atomic E-state index is 0.403. The Hall–Kier alpha value is -0.260. The van der Waals surface area contributed by atoms with Gasteiger partial charge in [0, 0.05) is 0 Å². The molecule has 0 heterocycles. The molecule has 0 saturated heterocycles. The topological polar surface area (TPSA) is 63.6 Å². The van der Waals surface area contributed by atoms with Crippen LogP contribution in [0.5, 0.6) is 0 Å². The molecular weight excluding hydrogens is 144 g/mol. The third-order valence-corrected chi connectivity index (χ3v) is 0.274. The van der Waals surface area contributed by atoms with Crippen molar-refractivity contribution in [2.45, 2.75) is 26.4 Å². The van der Waals surface area contributed by atoms with Crippen molar-refractivity contribution >= 4 is 11.6 Å². The molecule has 0 unspecified atom stereocenters. The van der Waals surface area contributed by atoms with Gasteiger partial charge in [-0.05, 0) is 20.8 Å². The van der Waals surface area contributed by atoms with Crippen LogP contribution >= 0.6 is 0 Å². The number of hydrogen-bond donors (Lipinski definition) is 1. The van der Waals surface area contributed by atoms with E-state index in [0.29, 0.717) is 0 Å². The molecule has 0 bridgehead atoms. The Kier molecular flexibility index (Phi) is 7.52. The summed E-state index contributed by atoms with van der Waals surface area (Å²) in [5.74, 6) is 0. The van der Waals surface area contributed by atoms with Crippen molar-refractivity contribution in [1.82, 2.24) is 0 Å². The molecule has 0 aromatic rings. The number of rotatable bonds is 0. The van der Waals surface area contributed by atoms with Crippen LogP contribution in [0.2, 0.25) is 0 Å². The van der Waals surface area contributed by atoms with E-state index in [1.807, 2.05) is 0 Å². The Bertz CT molecular complexity index is 89.2. The van der Waals surface area contributed by atoms with Crippen molar-refractivity contribution in [1.29, 1.82) is 0 Å². The third-order valence-electron chi connectivity index (χ3n) is 0.274. The van der Waals surface area contributed by atoms with Crippen LogP contribution in [0.4, 0.5) is 0 Å². The maximum atomic E-state index is 8.29. The van der Waals surface area contributed by atoms with E-state index in [0.717, 1.165) is 0 Å². The Morgan fingerprint density at radius 3 is 1.44 bits per heavy atom. The molecule has 5 heteroatoms. The van der Waals surface area contributed by atoms with Gasteiger partial charge in [0.15, 0.2) is 0 Å². The average Bonchev–Trinajstić information content (AvgIpc) is 1.67. The average molecular weight is 154 g/mol. The van der Waals surface area contributed by atoms with Crippen molar-refractivity contribution < 1.29 is 18.6 Å². The van der Waals surface area contributed by atoms with E-state index in [2.05, 4.69) is 4.89 Å². The fraction of sp³-hybridized carbons (Fsp3) is 1.00. The molecule has 0 atom stereocenters. The lowest BCUT2D eigenvalue weighted by Crippen LogP contribution is -2.15. The molecule has 0 saturated carbocycles. The summed E-state index contributed by atoms with van der Waals surface area (Å²) in [6.45, 7) is 5.31. The zero-order valence-electron chi connectivity index (χ0n) is 5.58. The van der Waals surface area contributed by atoms with Gasteiger partial charge >= 0.3 is 11.6 Å². The van der Waals surface area contributed by atoms with Crippen LogP contribution < -0.4 is 0 Å². The van der Waals surface area contributed by atoms with Crippen LogP contribution in [0.25, 0.3) is 0 Å². The second-order valence-corrected chi connectivity index (χ2v) is 2.41. The molecule has 0 aromatic carbocycles. The van der Waals surface area contributed by atoms with Crippen molar-refractivity contribution in [2.24, 2.45) is 0 Å². The molecule has 0 aliphatic heterocycles. The summed E-state index contributed by atoms with van der Waals surface area (Å²) < 4.78 is 16.6. The fourth-order valence-corrected chi connectivity index (χ4v) is 0. The predicted octanol–water partition coefficient (Wildman–Crippen LogP) is 0.604. The zero-order chi connectivity index (χ0) is 7.91. The summed E-state index contributed by atoms with van der Waals surface area (Å²) >= 11 is -0.750. The van der Waals surface area contributed by atoms with Crippen LogP contribution in [0.15, 0.2) is 0 Å². The molecular formula is C4H10O4S. The highest BCUT2D eigenvalue weighted by molar-refractivity contribution is 7.51. The summed E-state index contributed by atoms with van der Waals surface area (Å²) in [5.41, 5.74) is -0.403. The molecule has 9 heavy (non-hydrogen) atoms. The maximum Gasteiger partial charge on any atom is 0.335 e. The molecule has 0 fully saturated rings. The fourth-order valence-electron chi connectivity index (χ4n) is 0. The summed E-state index contributed by atoms with van der Waals surface area (Å²) in [4.78, 5) is 3.94. The Balaban J connectivity index is 0. The first-order chi connectivity index (χ1) is 3.97. The number of hydrogen-bond acceptors (Lipinski definition) is 4. The Labute approximate surface area is 57.4 Å². The van der Waals surface area contributed by atoms with Gasteiger partial charge in [-0.1, -0.05) is 0 Å². The molecule has 0 amide bonds. The predicted molar refractivity (Wildman–Crippen MR) is 32.4 cm³/mol. The van der Waals surface area contributed by atoms with E-state index in [1.165, 1.54) is 0 Å². The third kappa shape index (κ3) is 34.0. The molecule has 0 aliphatic carbocycles. The van der Waals surface area contributed by atoms with Crippen molar-refractivity contribution in [3.63, 3.8) is 0 Å². The van der Waals surface area contributed by atoms with E-state index in [-0.39, 0.29) is 0 Å². The first kappa shape index (κ1) is 11.5. The first-order valence-electron chi connectivity index (χ1n) is 2.22. The largest absolute Gasteiger partial charge is 0.335 e. The second kappa shape index (κ2) is 5.87. The Morgan fingerprint density at radius 2 is 1.44 bits per heavy atom. The van der Waals surface area contributed by atoms with Gasteiger partial charge in [-0.25, -0.2) is 4.89 Å². The van der Waals surface area contributed by atoms with E-state index in [1.54, 1.807) is 20.8 Å².